The largest absolute Gasteiger partial charge is 0.493 e. The average molecular weight is 339 g/mol. The number of ether oxygens (including phenoxy) is 2. The van der Waals surface area contributed by atoms with Gasteiger partial charge in [0.2, 0.25) is 5.91 Å². The second-order valence-electron chi connectivity index (χ2n) is 5.91. The zero-order valence-corrected chi connectivity index (χ0v) is 15.2. The van der Waals surface area contributed by atoms with E-state index in [4.69, 9.17) is 9.47 Å². The van der Waals surface area contributed by atoms with Crippen LogP contribution in [0.3, 0.4) is 0 Å². The Morgan fingerprint density at radius 1 is 1.16 bits per heavy atom. The van der Waals surface area contributed by atoms with Gasteiger partial charge in [0.25, 0.3) is 0 Å². The van der Waals surface area contributed by atoms with Crippen LogP contribution in [0, 0.1) is 0 Å². The molecule has 0 saturated carbocycles. The molecular weight excluding hydrogens is 314 g/mol. The van der Waals surface area contributed by atoms with Crippen LogP contribution in [0.4, 0.5) is 5.69 Å². The molecular formula is C21H25NO3. The number of para-hydroxylation sites is 1. The van der Waals surface area contributed by atoms with Crippen molar-refractivity contribution in [2.24, 2.45) is 0 Å². The van der Waals surface area contributed by atoms with E-state index in [1.165, 1.54) is 6.08 Å². The molecule has 0 atom stereocenters. The van der Waals surface area contributed by atoms with Crippen LogP contribution >= 0.6 is 0 Å². The molecule has 0 saturated heterocycles. The van der Waals surface area contributed by atoms with Crippen LogP contribution in [0.2, 0.25) is 0 Å². The SMILES string of the molecule is CCOc1ccc(C=CC(=O)Nc2ccccc2C(C)C)cc1OC. The van der Waals surface area contributed by atoms with Gasteiger partial charge in [-0.3, -0.25) is 4.79 Å². The molecule has 132 valence electrons. The van der Waals surface area contributed by atoms with E-state index in [0.717, 1.165) is 16.8 Å². The highest BCUT2D eigenvalue weighted by Crippen LogP contribution is 2.28. The Labute approximate surface area is 149 Å². The molecule has 0 radical (unpaired) electrons. The van der Waals surface area contributed by atoms with Crippen LogP contribution in [0.1, 0.15) is 37.8 Å². The maximum atomic E-state index is 12.2. The molecule has 4 heteroatoms. The van der Waals surface area contributed by atoms with Crippen LogP contribution in [-0.4, -0.2) is 19.6 Å². The summed E-state index contributed by atoms with van der Waals surface area (Å²) in [5.74, 6) is 1.52. The van der Waals surface area contributed by atoms with Gasteiger partial charge in [0, 0.05) is 11.8 Å². The van der Waals surface area contributed by atoms with Gasteiger partial charge in [-0.15, -0.1) is 0 Å². The summed E-state index contributed by atoms with van der Waals surface area (Å²) in [6.07, 6.45) is 3.28. The molecule has 25 heavy (non-hydrogen) atoms. The van der Waals surface area contributed by atoms with Gasteiger partial charge < -0.3 is 14.8 Å². The first-order valence-corrected chi connectivity index (χ1v) is 8.44. The molecule has 0 bridgehead atoms. The van der Waals surface area contributed by atoms with Gasteiger partial charge in [-0.2, -0.15) is 0 Å². The highest BCUT2D eigenvalue weighted by atomic mass is 16.5. The predicted molar refractivity (Wildman–Crippen MR) is 102 cm³/mol. The maximum absolute atomic E-state index is 12.2. The van der Waals surface area contributed by atoms with Gasteiger partial charge >= 0.3 is 0 Å². The van der Waals surface area contributed by atoms with Gasteiger partial charge in [-0.1, -0.05) is 38.1 Å². The summed E-state index contributed by atoms with van der Waals surface area (Å²) < 4.78 is 10.8. The third kappa shape index (κ3) is 5.11. The first-order chi connectivity index (χ1) is 12.0. The molecule has 0 aromatic heterocycles. The summed E-state index contributed by atoms with van der Waals surface area (Å²) in [7, 11) is 1.60. The third-order valence-electron chi connectivity index (χ3n) is 3.76. The Morgan fingerprint density at radius 2 is 1.92 bits per heavy atom. The zero-order valence-electron chi connectivity index (χ0n) is 15.2. The lowest BCUT2D eigenvalue weighted by molar-refractivity contribution is -0.111. The normalized spacial score (nSPS) is 10.9. The van der Waals surface area contributed by atoms with Crippen molar-refractivity contribution in [1.82, 2.24) is 0 Å². The molecule has 0 aliphatic rings. The minimum atomic E-state index is -0.166. The molecule has 2 rings (SSSR count). The quantitative estimate of drug-likeness (QED) is 0.732. The zero-order chi connectivity index (χ0) is 18.2. The summed E-state index contributed by atoms with van der Waals surface area (Å²) in [5, 5.41) is 2.94. The Morgan fingerprint density at radius 3 is 2.60 bits per heavy atom. The second-order valence-corrected chi connectivity index (χ2v) is 5.91. The Balaban J connectivity index is 2.10. The van der Waals surface area contributed by atoms with Crippen molar-refractivity contribution in [1.29, 1.82) is 0 Å². The molecule has 4 nitrogen and oxygen atoms in total. The number of benzene rings is 2. The lowest BCUT2D eigenvalue weighted by Gasteiger charge is -2.12. The summed E-state index contributed by atoms with van der Waals surface area (Å²) in [4.78, 5) is 12.2. The fourth-order valence-electron chi connectivity index (χ4n) is 2.52. The minimum absolute atomic E-state index is 0.166. The number of carbonyl (C=O) groups is 1. The van der Waals surface area contributed by atoms with Crippen molar-refractivity contribution in [3.8, 4) is 11.5 Å². The highest BCUT2D eigenvalue weighted by Gasteiger charge is 2.08. The van der Waals surface area contributed by atoms with E-state index in [1.54, 1.807) is 13.2 Å². The Bertz CT molecular complexity index is 751. The first kappa shape index (κ1) is 18.6. The van der Waals surface area contributed by atoms with Gasteiger partial charge in [-0.05, 0) is 48.2 Å². The van der Waals surface area contributed by atoms with Crippen molar-refractivity contribution in [3.63, 3.8) is 0 Å². The van der Waals surface area contributed by atoms with E-state index >= 15 is 0 Å². The fourth-order valence-corrected chi connectivity index (χ4v) is 2.52. The second kappa shape index (κ2) is 8.92. The third-order valence-corrected chi connectivity index (χ3v) is 3.76. The monoisotopic (exact) mass is 339 g/mol. The van der Waals surface area contributed by atoms with Crippen LogP contribution in [0.25, 0.3) is 6.08 Å². The van der Waals surface area contributed by atoms with Crippen LogP contribution in [0.15, 0.2) is 48.5 Å². The van der Waals surface area contributed by atoms with E-state index in [1.807, 2.05) is 49.4 Å². The summed E-state index contributed by atoms with van der Waals surface area (Å²) in [5.41, 5.74) is 2.83. The molecule has 2 aromatic rings. The van der Waals surface area contributed by atoms with Gasteiger partial charge in [0.15, 0.2) is 11.5 Å². The minimum Gasteiger partial charge on any atom is -0.493 e. The predicted octanol–water partition coefficient (Wildman–Crippen LogP) is 4.87. The summed E-state index contributed by atoms with van der Waals surface area (Å²) >= 11 is 0. The highest BCUT2D eigenvalue weighted by molar-refractivity contribution is 6.02. The van der Waals surface area contributed by atoms with Gasteiger partial charge in [0.1, 0.15) is 0 Å². The average Bonchev–Trinajstić information content (AvgIpc) is 2.61. The van der Waals surface area contributed by atoms with Gasteiger partial charge in [0.05, 0.1) is 13.7 Å². The first-order valence-electron chi connectivity index (χ1n) is 8.44. The van der Waals surface area contributed by atoms with E-state index in [-0.39, 0.29) is 5.91 Å². The van der Waals surface area contributed by atoms with E-state index < -0.39 is 0 Å². The molecule has 2 aromatic carbocycles. The molecule has 0 spiro atoms. The number of anilines is 1. The molecule has 0 unspecified atom stereocenters. The molecule has 0 heterocycles. The molecule has 0 fully saturated rings. The smallest absolute Gasteiger partial charge is 0.248 e. The standard InChI is InChI=1S/C21H25NO3/c1-5-25-19-12-10-16(14-20(19)24-4)11-13-21(23)22-18-9-7-6-8-17(18)15(2)3/h6-15H,5H2,1-4H3,(H,22,23). The number of amides is 1. The van der Waals surface area contributed by atoms with Crippen molar-refractivity contribution < 1.29 is 14.3 Å². The number of nitrogens with one attached hydrogen (secondary N) is 1. The van der Waals surface area contributed by atoms with Crippen molar-refractivity contribution >= 4 is 17.7 Å². The van der Waals surface area contributed by atoms with Crippen LogP contribution in [-0.2, 0) is 4.79 Å². The van der Waals surface area contributed by atoms with Crippen molar-refractivity contribution in [3.05, 3.63) is 59.7 Å². The van der Waals surface area contributed by atoms with E-state index in [9.17, 15) is 4.79 Å². The molecule has 1 amide bonds. The lowest BCUT2D eigenvalue weighted by Crippen LogP contribution is -2.10. The van der Waals surface area contributed by atoms with E-state index in [2.05, 4.69) is 19.2 Å². The summed E-state index contributed by atoms with van der Waals surface area (Å²) in [6.45, 7) is 6.70. The van der Waals surface area contributed by atoms with Crippen molar-refractivity contribution in [2.75, 3.05) is 19.0 Å². The fraction of sp³-hybridized carbons (Fsp3) is 0.286. The number of hydrogen-bond acceptors (Lipinski definition) is 3. The van der Waals surface area contributed by atoms with E-state index in [0.29, 0.717) is 24.0 Å². The van der Waals surface area contributed by atoms with Crippen molar-refractivity contribution in [2.45, 2.75) is 26.7 Å². The lowest BCUT2D eigenvalue weighted by atomic mass is 10.0. The van der Waals surface area contributed by atoms with Crippen LogP contribution < -0.4 is 14.8 Å². The number of methoxy groups -OCH3 is 1. The Kier molecular flexibility index (Phi) is 6.63. The number of hydrogen-bond donors (Lipinski definition) is 1. The Hall–Kier alpha value is -2.75. The number of carbonyl (C=O) groups excluding carboxylic acids is 1. The molecule has 0 aliphatic carbocycles. The summed E-state index contributed by atoms with van der Waals surface area (Å²) in [6, 6.07) is 13.4. The maximum Gasteiger partial charge on any atom is 0.248 e. The van der Waals surface area contributed by atoms with Crippen LogP contribution in [0.5, 0.6) is 11.5 Å². The van der Waals surface area contributed by atoms with Gasteiger partial charge in [-0.25, -0.2) is 0 Å². The molecule has 1 N–H and O–H groups in total. The molecule has 0 aliphatic heterocycles. The number of rotatable bonds is 7. The topological polar surface area (TPSA) is 47.6 Å².